The highest BCUT2D eigenvalue weighted by Gasteiger charge is 2.36. The second-order valence-electron chi connectivity index (χ2n) is 4.60. The van der Waals surface area contributed by atoms with Gasteiger partial charge in [-0.15, -0.1) is 0 Å². The fourth-order valence-corrected chi connectivity index (χ4v) is 3.05. The van der Waals surface area contributed by atoms with Gasteiger partial charge in [0.15, 0.2) is 0 Å². The summed E-state index contributed by atoms with van der Waals surface area (Å²) in [5.41, 5.74) is 0.376. The summed E-state index contributed by atoms with van der Waals surface area (Å²) in [4.78, 5) is 11.8. The van der Waals surface area contributed by atoms with Crippen LogP contribution in [0.4, 0.5) is 18.2 Å². The molecule has 1 N–H and O–H groups in total. The minimum Gasteiger partial charge on any atom is -0.314 e. The number of hydrogen-bond acceptors (Lipinski definition) is 5. The van der Waals surface area contributed by atoms with Crippen LogP contribution < -0.4 is 5.32 Å². The van der Waals surface area contributed by atoms with E-state index in [0.29, 0.717) is 31.7 Å². The number of rotatable bonds is 4. The summed E-state index contributed by atoms with van der Waals surface area (Å²) in [6.45, 7) is 2.26. The molecular formula is C11H14F3N3O2S. The van der Waals surface area contributed by atoms with Crippen LogP contribution in [0.5, 0.6) is 0 Å². The van der Waals surface area contributed by atoms with E-state index < -0.39 is 23.6 Å². The molecule has 0 saturated carbocycles. The second-order valence-corrected chi connectivity index (χ2v) is 5.49. The Hall–Kier alpha value is -1.19. The predicted octanol–water partition coefficient (Wildman–Crippen LogP) is 2.56. The minimum atomic E-state index is -4.30. The largest absolute Gasteiger partial charge is 0.390 e. The molecule has 0 bridgehead atoms. The van der Waals surface area contributed by atoms with Crippen LogP contribution in [0.25, 0.3) is 0 Å². The lowest BCUT2D eigenvalue weighted by atomic mass is 10.0. The first-order valence-electron chi connectivity index (χ1n) is 6.11. The molecule has 0 spiro atoms. The van der Waals surface area contributed by atoms with Crippen LogP contribution in [0.3, 0.4) is 0 Å². The predicted molar refractivity (Wildman–Crippen MR) is 68.8 cm³/mol. The van der Waals surface area contributed by atoms with Gasteiger partial charge in [-0.2, -0.15) is 13.2 Å². The Morgan fingerprint density at radius 2 is 2.10 bits per heavy atom. The van der Waals surface area contributed by atoms with Gasteiger partial charge in [-0.25, -0.2) is 0 Å². The second kappa shape index (κ2) is 6.06. The fraction of sp³-hybridized carbons (Fsp3) is 0.636. The maximum Gasteiger partial charge on any atom is 0.390 e. The Labute approximate surface area is 117 Å². The molecule has 2 rings (SSSR count). The number of piperazine rings is 1. The van der Waals surface area contributed by atoms with Gasteiger partial charge in [0.2, 0.25) is 0 Å². The van der Waals surface area contributed by atoms with E-state index in [0.717, 1.165) is 11.3 Å². The van der Waals surface area contributed by atoms with Crippen molar-refractivity contribution in [3.05, 3.63) is 27.1 Å². The monoisotopic (exact) mass is 309 g/mol. The Bertz CT molecular complexity index is 472. The molecule has 0 aromatic carbocycles. The number of thiophene rings is 1. The van der Waals surface area contributed by atoms with Crippen LogP contribution in [0.1, 0.15) is 18.0 Å². The van der Waals surface area contributed by atoms with Crippen LogP contribution in [0.15, 0.2) is 11.4 Å². The Morgan fingerprint density at radius 3 is 2.60 bits per heavy atom. The van der Waals surface area contributed by atoms with Crippen LogP contribution in [-0.4, -0.2) is 42.2 Å². The molecule has 0 amide bonds. The van der Waals surface area contributed by atoms with Crippen molar-refractivity contribution in [2.24, 2.45) is 0 Å². The first-order chi connectivity index (χ1) is 9.37. The van der Waals surface area contributed by atoms with Crippen LogP contribution >= 0.6 is 11.3 Å². The Morgan fingerprint density at radius 1 is 1.45 bits per heavy atom. The molecule has 2 heterocycles. The van der Waals surface area contributed by atoms with Crippen LogP contribution in [-0.2, 0) is 0 Å². The van der Waals surface area contributed by atoms with Gasteiger partial charge in [0.05, 0.1) is 11.3 Å². The van der Waals surface area contributed by atoms with Crippen LogP contribution in [0, 0.1) is 10.1 Å². The lowest BCUT2D eigenvalue weighted by Crippen LogP contribution is -2.46. The van der Waals surface area contributed by atoms with Gasteiger partial charge in [0.1, 0.15) is 0 Å². The van der Waals surface area contributed by atoms with E-state index in [2.05, 4.69) is 5.32 Å². The van der Waals surface area contributed by atoms with Crippen molar-refractivity contribution in [3.63, 3.8) is 0 Å². The van der Waals surface area contributed by atoms with E-state index >= 15 is 0 Å². The van der Waals surface area contributed by atoms with Crippen molar-refractivity contribution in [3.8, 4) is 0 Å². The van der Waals surface area contributed by atoms with E-state index in [9.17, 15) is 23.3 Å². The SMILES string of the molecule is O=[N+]([O-])c1cc([C@H](CC(F)(F)F)N2CCNCC2)cs1. The van der Waals surface area contributed by atoms with Crippen LogP contribution in [0.2, 0.25) is 0 Å². The number of alkyl halides is 3. The minimum absolute atomic E-state index is 0.123. The van der Waals surface area contributed by atoms with E-state index in [1.807, 2.05) is 0 Å². The Kier molecular flexibility index (Phi) is 4.61. The van der Waals surface area contributed by atoms with E-state index in [-0.39, 0.29) is 5.00 Å². The summed E-state index contributed by atoms with van der Waals surface area (Å²) in [7, 11) is 0. The number of nitrogens with one attached hydrogen (secondary N) is 1. The number of nitro groups is 1. The molecule has 1 aliphatic rings. The lowest BCUT2D eigenvalue weighted by molar-refractivity contribution is -0.380. The highest BCUT2D eigenvalue weighted by atomic mass is 32.1. The Balaban J connectivity index is 2.21. The van der Waals surface area contributed by atoms with Gasteiger partial charge < -0.3 is 5.32 Å². The van der Waals surface area contributed by atoms with Crippen molar-refractivity contribution < 1.29 is 18.1 Å². The number of hydrogen-bond donors (Lipinski definition) is 1. The van der Waals surface area contributed by atoms with E-state index in [4.69, 9.17) is 0 Å². The van der Waals surface area contributed by atoms with E-state index in [1.54, 1.807) is 4.90 Å². The summed E-state index contributed by atoms with van der Waals surface area (Å²) < 4.78 is 38.2. The fourth-order valence-electron chi connectivity index (χ4n) is 2.28. The molecule has 1 aromatic heterocycles. The highest BCUT2D eigenvalue weighted by Crippen LogP contribution is 2.37. The molecule has 5 nitrogen and oxygen atoms in total. The van der Waals surface area contributed by atoms with Gasteiger partial charge in [-0.1, -0.05) is 11.3 Å². The number of nitrogens with zero attached hydrogens (tertiary/aromatic N) is 2. The maximum atomic E-state index is 12.7. The van der Waals surface area contributed by atoms with Gasteiger partial charge in [-0.05, 0) is 5.56 Å². The molecule has 0 radical (unpaired) electrons. The quantitative estimate of drug-likeness (QED) is 0.686. The van der Waals surface area contributed by atoms with Crippen molar-refractivity contribution in [2.45, 2.75) is 18.6 Å². The van der Waals surface area contributed by atoms with Gasteiger partial charge in [-0.3, -0.25) is 15.0 Å². The number of halogens is 3. The van der Waals surface area contributed by atoms with Crippen molar-refractivity contribution in [1.29, 1.82) is 0 Å². The summed E-state index contributed by atoms with van der Waals surface area (Å²) in [6.07, 6.45) is -5.28. The van der Waals surface area contributed by atoms with Crippen molar-refractivity contribution in [1.82, 2.24) is 10.2 Å². The molecular weight excluding hydrogens is 295 g/mol. The molecule has 1 aliphatic heterocycles. The molecule has 9 heteroatoms. The molecule has 1 fully saturated rings. The van der Waals surface area contributed by atoms with Gasteiger partial charge >= 0.3 is 11.2 Å². The molecule has 112 valence electrons. The average Bonchev–Trinajstić information content (AvgIpc) is 2.85. The topological polar surface area (TPSA) is 58.4 Å². The van der Waals surface area contributed by atoms with Gasteiger partial charge in [0, 0.05) is 43.7 Å². The summed E-state index contributed by atoms with van der Waals surface area (Å²) in [5.74, 6) is 0. The molecule has 20 heavy (non-hydrogen) atoms. The standard InChI is InChI=1S/C11H14F3N3O2S/c12-11(13,14)6-9(16-3-1-15-2-4-16)8-5-10(17(18)19)20-7-8/h5,7,9,15H,1-4,6H2/t9-/m0/s1. The molecule has 1 aromatic rings. The molecule has 0 unspecified atom stereocenters. The first kappa shape index (κ1) is 15.2. The normalized spacial score (nSPS) is 18.9. The zero-order valence-electron chi connectivity index (χ0n) is 10.5. The van der Waals surface area contributed by atoms with Crippen molar-refractivity contribution >= 4 is 16.3 Å². The zero-order valence-corrected chi connectivity index (χ0v) is 11.3. The smallest absolute Gasteiger partial charge is 0.314 e. The summed E-state index contributed by atoms with van der Waals surface area (Å²) in [5, 5.41) is 15.1. The summed E-state index contributed by atoms with van der Waals surface area (Å²) >= 11 is 0.867. The zero-order chi connectivity index (χ0) is 14.8. The first-order valence-corrected chi connectivity index (χ1v) is 6.99. The van der Waals surface area contributed by atoms with E-state index in [1.165, 1.54) is 11.4 Å². The van der Waals surface area contributed by atoms with Crippen molar-refractivity contribution in [2.75, 3.05) is 26.2 Å². The highest BCUT2D eigenvalue weighted by molar-refractivity contribution is 7.13. The lowest BCUT2D eigenvalue weighted by Gasteiger charge is -2.35. The molecule has 1 atom stereocenters. The summed E-state index contributed by atoms with van der Waals surface area (Å²) in [6, 6.07) is 0.408. The average molecular weight is 309 g/mol. The maximum absolute atomic E-state index is 12.7. The molecule has 0 aliphatic carbocycles. The third kappa shape index (κ3) is 3.90. The van der Waals surface area contributed by atoms with Gasteiger partial charge in [0.25, 0.3) is 0 Å². The third-order valence-corrected chi connectivity index (χ3v) is 4.09. The third-order valence-electron chi connectivity index (χ3n) is 3.19. The molecule has 1 saturated heterocycles.